The van der Waals surface area contributed by atoms with Gasteiger partial charge < -0.3 is 10.6 Å². The normalized spacial score (nSPS) is 16.0. The van der Waals surface area contributed by atoms with Gasteiger partial charge in [-0.1, -0.05) is 26.7 Å². The van der Waals surface area contributed by atoms with Crippen LogP contribution < -0.4 is 10.6 Å². The SMILES string of the molecule is CC(C)CN(c1ncnc2cc(N)ccc12)C1CCCC1. The van der Waals surface area contributed by atoms with Crippen molar-refractivity contribution < 1.29 is 0 Å². The van der Waals surface area contributed by atoms with Crippen LogP contribution in [0.2, 0.25) is 0 Å². The Kier molecular flexibility index (Phi) is 3.95. The van der Waals surface area contributed by atoms with Gasteiger partial charge >= 0.3 is 0 Å². The predicted octanol–water partition coefficient (Wildman–Crippen LogP) is 3.62. The minimum absolute atomic E-state index is 0.614. The molecule has 4 heteroatoms. The topological polar surface area (TPSA) is 55.0 Å². The fraction of sp³-hybridized carbons (Fsp3) is 0.529. The molecule has 0 radical (unpaired) electrons. The Labute approximate surface area is 126 Å². The van der Waals surface area contributed by atoms with Gasteiger partial charge in [-0.2, -0.15) is 0 Å². The maximum Gasteiger partial charge on any atom is 0.140 e. The first kappa shape index (κ1) is 14.1. The number of hydrogen-bond acceptors (Lipinski definition) is 4. The zero-order valence-electron chi connectivity index (χ0n) is 12.9. The van der Waals surface area contributed by atoms with Crippen molar-refractivity contribution in [3.8, 4) is 0 Å². The van der Waals surface area contributed by atoms with E-state index in [4.69, 9.17) is 5.73 Å². The zero-order chi connectivity index (χ0) is 14.8. The highest BCUT2D eigenvalue weighted by molar-refractivity contribution is 5.91. The quantitative estimate of drug-likeness (QED) is 0.871. The van der Waals surface area contributed by atoms with E-state index in [0.29, 0.717) is 12.0 Å². The summed E-state index contributed by atoms with van der Waals surface area (Å²) in [6.45, 7) is 5.58. The number of benzene rings is 1. The van der Waals surface area contributed by atoms with E-state index in [1.807, 2.05) is 12.1 Å². The average Bonchev–Trinajstić information content (AvgIpc) is 2.97. The maximum absolute atomic E-state index is 5.88. The van der Waals surface area contributed by atoms with Gasteiger partial charge in [0.15, 0.2) is 0 Å². The predicted molar refractivity (Wildman–Crippen MR) is 88.4 cm³/mol. The maximum atomic E-state index is 5.88. The Morgan fingerprint density at radius 3 is 2.71 bits per heavy atom. The first-order valence-electron chi connectivity index (χ1n) is 7.92. The molecule has 0 amide bonds. The van der Waals surface area contributed by atoms with Crippen molar-refractivity contribution in [2.75, 3.05) is 17.2 Å². The molecule has 112 valence electrons. The Hall–Kier alpha value is -1.84. The summed E-state index contributed by atoms with van der Waals surface area (Å²) in [4.78, 5) is 11.5. The lowest BCUT2D eigenvalue weighted by atomic mass is 10.1. The molecule has 4 nitrogen and oxygen atoms in total. The molecule has 1 aromatic carbocycles. The molecule has 1 aliphatic rings. The fourth-order valence-corrected chi connectivity index (χ4v) is 3.31. The molecule has 1 saturated carbocycles. The summed E-state index contributed by atoms with van der Waals surface area (Å²) in [5.74, 6) is 1.69. The van der Waals surface area contributed by atoms with Gasteiger partial charge in [0.1, 0.15) is 12.1 Å². The average molecular weight is 284 g/mol. The molecular weight excluding hydrogens is 260 g/mol. The largest absolute Gasteiger partial charge is 0.399 e. The number of rotatable bonds is 4. The van der Waals surface area contributed by atoms with Crippen molar-refractivity contribution >= 4 is 22.4 Å². The molecular formula is C17H24N4. The van der Waals surface area contributed by atoms with Crippen LogP contribution >= 0.6 is 0 Å². The van der Waals surface area contributed by atoms with Crippen LogP contribution in [0.4, 0.5) is 11.5 Å². The van der Waals surface area contributed by atoms with Gasteiger partial charge in [-0.05, 0) is 37.0 Å². The standard InChI is InChI=1S/C17H24N4/c1-12(2)10-21(14-5-3-4-6-14)17-15-8-7-13(18)9-16(15)19-11-20-17/h7-9,11-12,14H,3-6,10,18H2,1-2H3. The summed E-state index contributed by atoms with van der Waals surface area (Å²) in [7, 11) is 0. The smallest absolute Gasteiger partial charge is 0.140 e. The van der Waals surface area contributed by atoms with Gasteiger partial charge in [-0.25, -0.2) is 9.97 Å². The molecule has 0 spiro atoms. The molecule has 1 aromatic heterocycles. The van der Waals surface area contributed by atoms with E-state index in [9.17, 15) is 0 Å². The lowest BCUT2D eigenvalue weighted by Crippen LogP contribution is -2.37. The van der Waals surface area contributed by atoms with E-state index in [1.54, 1.807) is 6.33 Å². The lowest BCUT2D eigenvalue weighted by Gasteiger charge is -2.32. The Morgan fingerprint density at radius 2 is 2.00 bits per heavy atom. The lowest BCUT2D eigenvalue weighted by molar-refractivity contribution is 0.532. The molecule has 1 heterocycles. The molecule has 1 aliphatic carbocycles. The van der Waals surface area contributed by atoms with Crippen LogP contribution in [-0.4, -0.2) is 22.6 Å². The number of fused-ring (bicyclic) bond motifs is 1. The number of nitrogens with two attached hydrogens (primary N) is 1. The van der Waals surface area contributed by atoms with Crippen molar-refractivity contribution in [1.29, 1.82) is 0 Å². The summed E-state index contributed by atoms with van der Waals surface area (Å²) in [6.07, 6.45) is 6.87. The molecule has 0 unspecified atom stereocenters. The highest BCUT2D eigenvalue weighted by Crippen LogP contribution is 2.32. The van der Waals surface area contributed by atoms with Crippen molar-refractivity contribution in [3.05, 3.63) is 24.5 Å². The highest BCUT2D eigenvalue weighted by atomic mass is 15.2. The summed E-state index contributed by atoms with van der Waals surface area (Å²) in [5, 5.41) is 1.11. The molecule has 1 fully saturated rings. The van der Waals surface area contributed by atoms with Crippen LogP contribution in [0.1, 0.15) is 39.5 Å². The molecule has 0 bridgehead atoms. The van der Waals surface area contributed by atoms with E-state index >= 15 is 0 Å². The molecule has 0 aliphatic heterocycles. The van der Waals surface area contributed by atoms with Crippen LogP contribution in [0.3, 0.4) is 0 Å². The Balaban J connectivity index is 2.05. The van der Waals surface area contributed by atoms with Gasteiger partial charge in [-0.15, -0.1) is 0 Å². The minimum Gasteiger partial charge on any atom is -0.399 e. The summed E-state index contributed by atoms with van der Waals surface area (Å²) < 4.78 is 0. The van der Waals surface area contributed by atoms with Crippen LogP contribution in [0.5, 0.6) is 0 Å². The third kappa shape index (κ3) is 2.94. The van der Waals surface area contributed by atoms with Crippen LogP contribution in [-0.2, 0) is 0 Å². The number of nitrogen functional groups attached to an aromatic ring is 1. The van der Waals surface area contributed by atoms with E-state index in [2.05, 4.69) is 34.8 Å². The van der Waals surface area contributed by atoms with Crippen molar-refractivity contribution in [1.82, 2.24) is 9.97 Å². The molecule has 0 saturated heterocycles. The molecule has 2 N–H and O–H groups in total. The zero-order valence-corrected chi connectivity index (χ0v) is 12.9. The summed E-state index contributed by atoms with van der Waals surface area (Å²) in [6, 6.07) is 6.55. The number of aromatic nitrogens is 2. The monoisotopic (exact) mass is 284 g/mol. The number of hydrogen-bond donors (Lipinski definition) is 1. The number of anilines is 2. The molecule has 0 atom stereocenters. The van der Waals surface area contributed by atoms with E-state index in [1.165, 1.54) is 25.7 Å². The first-order chi connectivity index (χ1) is 10.1. The van der Waals surface area contributed by atoms with Gasteiger partial charge in [0, 0.05) is 23.7 Å². The van der Waals surface area contributed by atoms with E-state index in [0.717, 1.165) is 29.0 Å². The van der Waals surface area contributed by atoms with Crippen molar-refractivity contribution in [2.24, 2.45) is 5.92 Å². The minimum atomic E-state index is 0.614. The molecule has 21 heavy (non-hydrogen) atoms. The van der Waals surface area contributed by atoms with Crippen molar-refractivity contribution in [3.63, 3.8) is 0 Å². The second-order valence-electron chi connectivity index (χ2n) is 6.46. The molecule has 2 aromatic rings. The second-order valence-corrected chi connectivity index (χ2v) is 6.46. The van der Waals surface area contributed by atoms with Crippen LogP contribution in [0.25, 0.3) is 10.9 Å². The highest BCUT2D eigenvalue weighted by Gasteiger charge is 2.25. The molecule has 3 rings (SSSR count). The van der Waals surface area contributed by atoms with Gasteiger partial charge in [-0.3, -0.25) is 0 Å². The number of nitrogens with zero attached hydrogens (tertiary/aromatic N) is 3. The van der Waals surface area contributed by atoms with Gasteiger partial charge in [0.05, 0.1) is 5.52 Å². The van der Waals surface area contributed by atoms with Gasteiger partial charge in [0.25, 0.3) is 0 Å². The van der Waals surface area contributed by atoms with Gasteiger partial charge in [0.2, 0.25) is 0 Å². The third-order valence-corrected chi connectivity index (χ3v) is 4.24. The second kappa shape index (κ2) is 5.88. The Morgan fingerprint density at radius 1 is 1.24 bits per heavy atom. The first-order valence-corrected chi connectivity index (χ1v) is 7.92. The Bertz CT molecular complexity index is 617. The van der Waals surface area contributed by atoms with E-state index in [-0.39, 0.29) is 0 Å². The van der Waals surface area contributed by atoms with Crippen molar-refractivity contribution in [2.45, 2.75) is 45.6 Å². The van der Waals surface area contributed by atoms with Crippen LogP contribution in [0.15, 0.2) is 24.5 Å². The third-order valence-electron chi connectivity index (χ3n) is 4.24. The fourth-order valence-electron chi connectivity index (χ4n) is 3.31. The van der Waals surface area contributed by atoms with Crippen LogP contribution in [0, 0.1) is 5.92 Å². The summed E-state index contributed by atoms with van der Waals surface area (Å²) >= 11 is 0. The summed E-state index contributed by atoms with van der Waals surface area (Å²) in [5.41, 5.74) is 7.57. The van der Waals surface area contributed by atoms with E-state index < -0.39 is 0 Å².